The largest absolute Gasteiger partial charge is 0.497 e. The average molecular weight is 1580 g/mol. The van der Waals surface area contributed by atoms with E-state index in [4.69, 9.17) is 77.4 Å². The smallest absolute Gasteiger partial charge is 0.475 e. The molecule has 3 aliphatic rings. The summed E-state index contributed by atoms with van der Waals surface area (Å²) < 4.78 is 102. The summed E-state index contributed by atoms with van der Waals surface area (Å²) in [6.07, 6.45) is -2.55. The predicted molar refractivity (Wildman–Crippen MR) is 429 cm³/mol. The van der Waals surface area contributed by atoms with Gasteiger partial charge in [-0.25, -0.2) is 31.1 Å². The topological polar surface area (TPSA) is 298 Å². The highest BCUT2D eigenvalue weighted by Crippen LogP contribution is 2.73. The van der Waals surface area contributed by atoms with Crippen LogP contribution in [-0.2, 0) is 57.5 Å². The Kier molecular flexibility index (Phi) is 23.1. The maximum absolute atomic E-state index is 17.1. The highest BCUT2D eigenvalue weighted by atomic mass is 31.2. The van der Waals surface area contributed by atoms with Gasteiger partial charge in [-0.1, -0.05) is 162 Å². The van der Waals surface area contributed by atoms with E-state index in [1.54, 1.807) is 72.9 Å². The van der Waals surface area contributed by atoms with Gasteiger partial charge in [-0.15, -0.1) is 0 Å². The van der Waals surface area contributed by atoms with E-state index >= 15 is 4.57 Å². The van der Waals surface area contributed by atoms with Crippen LogP contribution in [0.5, 0.6) is 23.0 Å². The number of carbonyl (C=O) groups excluding carboxylic acids is 2. The van der Waals surface area contributed by atoms with Crippen molar-refractivity contribution in [3.63, 3.8) is 0 Å². The van der Waals surface area contributed by atoms with Crippen LogP contribution in [0.4, 0.5) is 11.8 Å². The highest BCUT2D eigenvalue weighted by molar-refractivity contribution is 7.48. The van der Waals surface area contributed by atoms with Gasteiger partial charge in [-0.3, -0.25) is 42.8 Å². The van der Waals surface area contributed by atoms with Crippen molar-refractivity contribution in [2.75, 3.05) is 72.5 Å². The molecule has 29 heteroatoms. The maximum atomic E-state index is 17.1. The number of methoxy groups -OCH3 is 5. The lowest BCUT2D eigenvalue weighted by Crippen LogP contribution is -2.51. The Bertz CT molecular complexity index is 5270. The van der Waals surface area contributed by atoms with E-state index in [1.165, 1.54) is 24.3 Å². The third kappa shape index (κ3) is 15.4. The molecular weight excluding hydrogens is 1490 g/mol. The summed E-state index contributed by atoms with van der Waals surface area (Å²) in [5, 5.41) is 5.25. The molecule has 11 aromatic rings. The lowest BCUT2D eigenvalue weighted by Gasteiger charge is -2.44. The summed E-state index contributed by atoms with van der Waals surface area (Å²) in [4.78, 5) is 71.6. The molecule has 7 aromatic carbocycles. The van der Waals surface area contributed by atoms with E-state index in [1.807, 2.05) is 168 Å². The number of carbonyl (C=O) groups is 2. The van der Waals surface area contributed by atoms with Crippen molar-refractivity contribution < 1.29 is 70.0 Å². The minimum atomic E-state index is -5.13. The number of anilines is 2. The van der Waals surface area contributed by atoms with Crippen molar-refractivity contribution >= 4 is 62.0 Å². The third-order valence-corrected chi connectivity index (χ3v) is 28.2. The Morgan fingerprint density at radius 2 is 1.17 bits per heavy atom. The zero-order chi connectivity index (χ0) is 80.3. The number of fused-ring (bicyclic) bond motifs is 3. The lowest BCUT2D eigenvalue weighted by atomic mass is 9.79. The number of hydrogen-bond acceptors (Lipinski definition) is 21. The fourth-order valence-electron chi connectivity index (χ4n) is 15.3. The Hall–Kier alpha value is -10.8. The molecule has 10 atom stereocenters. The molecule has 114 heavy (non-hydrogen) atoms. The number of rotatable bonds is 32. The molecule has 4 aromatic heterocycles. The third-order valence-electron chi connectivity index (χ3n) is 22.3. The molecule has 5 heterocycles. The minimum absolute atomic E-state index is 0.00274. The fraction of sp³-hybridized carbons (Fsp3) is 0.353. The van der Waals surface area contributed by atoms with Gasteiger partial charge in [0.1, 0.15) is 71.6 Å². The van der Waals surface area contributed by atoms with E-state index < -0.39 is 123 Å². The van der Waals surface area contributed by atoms with Gasteiger partial charge in [0, 0.05) is 24.0 Å². The normalized spacial score (nSPS) is 20.7. The number of amides is 2. The second-order valence-corrected chi connectivity index (χ2v) is 36.6. The molecule has 27 nitrogen and oxygen atoms in total. The maximum Gasteiger partial charge on any atom is 0.475 e. The number of imidazole rings is 2. The number of benzene rings is 7. The highest BCUT2D eigenvalue weighted by Gasteiger charge is 2.75. The standard InChI is InChI=1S/C85H92N11O16PSi/c1-53(2)77(97)93-81-92-76-68(79(99)94-81)90-52-96(76)80-72(110-85(56-27-21-16-22-28-56,59-33-41-63(103-9)42-34-59)60-35-43-64(104-10)44-36-60)70(105-11)66(109-80)48-108-113(100,107-46-45-86-6)111-71-69(95-51-89-67-74(87-50-88-75(67)95)91-78(98)54-23-17-14-18-24-54)65-47-83(65,73(71)112-114(12,13)82(3,4)5)49-106-84(55-25-19-15-20-26-55,57-29-37-61(101-7)38-30-57)58-31-39-62(102-8)40-32-58/h14-44,50-53,65-66,69-73,80H,45-49H2,1-5,7-13H3,(H,87,88,91,98)(H2,92,93,94,97,99)/t65-,66-,69-,70-,71+,72-,73+,80-,83-,113?/m1/s1. The van der Waals surface area contributed by atoms with Crippen LogP contribution in [0.1, 0.15) is 97.0 Å². The second-order valence-electron chi connectivity index (χ2n) is 30.3. The summed E-state index contributed by atoms with van der Waals surface area (Å²) in [5.41, 5.74) is 0.609. The first-order valence-electron chi connectivity index (χ1n) is 37.5. The number of ether oxygens (including phenoxy) is 8. The molecule has 2 aliphatic carbocycles. The van der Waals surface area contributed by atoms with Crippen molar-refractivity contribution in [2.45, 2.75) is 113 Å². The Labute approximate surface area is 661 Å². The number of nitrogens with zero attached hydrogens (tertiary/aromatic N) is 8. The second kappa shape index (κ2) is 33.0. The Balaban J connectivity index is 0.919. The number of phosphoric acid groups is 1. The first-order chi connectivity index (χ1) is 54.9. The summed E-state index contributed by atoms with van der Waals surface area (Å²) >= 11 is 0. The number of aromatic nitrogens is 8. The molecule has 1 saturated heterocycles. The molecule has 1 aliphatic heterocycles. The van der Waals surface area contributed by atoms with Crippen molar-refractivity contribution in [1.82, 2.24) is 39.0 Å². The van der Waals surface area contributed by atoms with Crippen LogP contribution >= 0.6 is 7.82 Å². The van der Waals surface area contributed by atoms with Crippen molar-refractivity contribution in [3.05, 3.63) is 268 Å². The molecule has 592 valence electrons. The zero-order valence-corrected chi connectivity index (χ0v) is 67.3. The summed E-state index contributed by atoms with van der Waals surface area (Å²) in [6.45, 7) is 20.8. The minimum Gasteiger partial charge on any atom is -0.497 e. The van der Waals surface area contributed by atoms with Gasteiger partial charge in [-0.2, -0.15) is 4.98 Å². The number of aromatic amines is 1. The first kappa shape index (κ1) is 79.8. The Morgan fingerprint density at radius 3 is 1.69 bits per heavy atom. The van der Waals surface area contributed by atoms with Gasteiger partial charge in [0.05, 0.1) is 66.5 Å². The number of hydrogen-bond donors (Lipinski definition) is 3. The quantitative estimate of drug-likeness (QED) is 0.0116. The van der Waals surface area contributed by atoms with Crippen LogP contribution < -0.4 is 35.1 Å². The molecule has 0 bridgehead atoms. The lowest BCUT2D eigenvalue weighted by molar-refractivity contribution is -0.126. The summed E-state index contributed by atoms with van der Waals surface area (Å²) in [5.74, 6) is 0.626. The molecular formula is C85H92N11O16PSi. The first-order valence-corrected chi connectivity index (χ1v) is 41.9. The molecule has 2 saturated carbocycles. The molecule has 3 fully saturated rings. The van der Waals surface area contributed by atoms with E-state index in [0.717, 1.165) is 16.7 Å². The zero-order valence-electron chi connectivity index (χ0n) is 65.4. The van der Waals surface area contributed by atoms with Gasteiger partial charge in [-0.05, 0) is 125 Å². The molecule has 14 rings (SSSR count). The van der Waals surface area contributed by atoms with Crippen molar-refractivity contribution in [2.24, 2.45) is 17.3 Å². The van der Waals surface area contributed by atoms with E-state index in [9.17, 15) is 14.4 Å². The monoisotopic (exact) mass is 1580 g/mol. The number of phosphoric ester groups is 1. The molecule has 0 radical (unpaired) electrons. The fourth-order valence-corrected chi connectivity index (χ4v) is 18.0. The molecule has 0 spiro atoms. The van der Waals surface area contributed by atoms with Crippen LogP contribution in [0.2, 0.25) is 18.1 Å². The average Bonchev–Trinajstić information content (AvgIpc) is 1.50. The van der Waals surface area contributed by atoms with Gasteiger partial charge >= 0.3 is 7.82 Å². The summed E-state index contributed by atoms with van der Waals surface area (Å²) in [6, 6.07) is 57.9. The van der Waals surface area contributed by atoms with E-state index in [0.29, 0.717) is 57.3 Å². The van der Waals surface area contributed by atoms with Crippen molar-refractivity contribution in [3.8, 4) is 23.0 Å². The number of nitrogens with one attached hydrogen (secondary N) is 3. The SMILES string of the molecule is [C-]#[N+]CCOP(=O)(OC[C@H]1O[C@@H](n2cnc3c(=O)[nH]c(NC(=O)C(C)C)nc32)[C@H](OC(c2ccccc2)(c2ccc(OC)cc2)c2ccc(OC)cc2)[C@@H]1OC)O[C@H]1[C@H](n2cnc3c(NC(=O)c4ccccc4)ncnc32)[C@H]2C[C@]2(COC(c2ccccc2)(c2ccc(OC)cc2)c2ccc(OC)cc2)[C@H]1O[Si](C)(C)C(C)(C)C. The molecule has 3 N–H and O–H groups in total. The van der Waals surface area contributed by atoms with E-state index in [2.05, 4.69) is 64.3 Å². The van der Waals surface area contributed by atoms with Crippen LogP contribution in [0, 0.1) is 23.8 Å². The van der Waals surface area contributed by atoms with Crippen LogP contribution in [0.25, 0.3) is 27.2 Å². The van der Waals surface area contributed by atoms with Gasteiger partial charge in [0.25, 0.3) is 11.5 Å². The van der Waals surface area contributed by atoms with Crippen LogP contribution in [-0.4, -0.2) is 152 Å². The van der Waals surface area contributed by atoms with Crippen molar-refractivity contribution in [1.29, 1.82) is 0 Å². The summed E-state index contributed by atoms with van der Waals surface area (Å²) in [7, 11) is -0.276. The molecule has 2 amide bonds. The Morgan fingerprint density at radius 1 is 0.649 bits per heavy atom. The van der Waals surface area contributed by atoms with E-state index in [-0.39, 0.29) is 41.6 Å². The van der Waals surface area contributed by atoms with Crippen LogP contribution in [0.15, 0.2) is 212 Å². The van der Waals surface area contributed by atoms with Gasteiger partial charge < -0.3 is 57.0 Å². The van der Waals surface area contributed by atoms with Gasteiger partial charge in [0.15, 0.2) is 42.7 Å². The van der Waals surface area contributed by atoms with Gasteiger partial charge in [0.2, 0.25) is 18.4 Å². The van der Waals surface area contributed by atoms with Crippen LogP contribution in [0.3, 0.4) is 0 Å². The predicted octanol–water partition coefficient (Wildman–Crippen LogP) is 14.5. The molecule has 1 unspecified atom stereocenters. The number of H-pyrrole nitrogens is 1.